The standard InChI is InChI=1S/C39H49N5O3/c1-9-11-14-28-17-21-40-26-31(28)29-15-13-16-30(24-29)32-25-33-41-27(3)34(35(37(45)46-8)47-38(4,5)6)36(44(33)42-32)43-22-19-39(7,20-23-43)18-12-10-2/h9-10,13,15-17,21,24-26,35H,1-2,11-12,14,18-20,22-23H2,3-8H3/t35-/m0/s1. The highest BCUT2D eigenvalue weighted by Crippen LogP contribution is 2.41. The van der Waals surface area contributed by atoms with Crippen LogP contribution in [0.1, 0.15) is 82.7 Å². The zero-order valence-electron chi connectivity index (χ0n) is 28.9. The number of hydrogen-bond acceptors (Lipinski definition) is 7. The van der Waals surface area contributed by atoms with Crippen molar-refractivity contribution in [3.8, 4) is 22.4 Å². The van der Waals surface area contributed by atoms with Gasteiger partial charge in [-0.2, -0.15) is 9.61 Å². The second-order valence-corrected chi connectivity index (χ2v) is 13.9. The number of pyridine rings is 1. The summed E-state index contributed by atoms with van der Waals surface area (Å²) in [4.78, 5) is 25.2. The molecule has 4 heterocycles. The average molecular weight is 636 g/mol. The fraction of sp³-hybridized carbons (Fsp3) is 0.436. The topological polar surface area (TPSA) is 81.8 Å². The quantitative estimate of drug-likeness (QED) is 0.114. The normalized spacial score (nSPS) is 15.4. The van der Waals surface area contributed by atoms with Gasteiger partial charge >= 0.3 is 5.97 Å². The number of hydrogen-bond donors (Lipinski definition) is 0. The number of benzene rings is 1. The number of allylic oxidation sites excluding steroid dienone is 2. The smallest absolute Gasteiger partial charge is 0.339 e. The van der Waals surface area contributed by atoms with E-state index in [1.165, 1.54) is 12.7 Å². The number of carbonyl (C=O) groups is 1. The maximum absolute atomic E-state index is 13.4. The number of aryl methyl sites for hydroxylation is 2. The summed E-state index contributed by atoms with van der Waals surface area (Å²) in [6.07, 6.45) is 12.7. The first-order chi connectivity index (χ1) is 22.5. The Balaban J connectivity index is 1.64. The zero-order valence-corrected chi connectivity index (χ0v) is 28.9. The van der Waals surface area contributed by atoms with Crippen LogP contribution in [0.25, 0.3) is 28.0 Å². The lowest BCUT2D eigenvalue weighted by Crippen LogP contribution is -2.41. The second kappa shape index (κ2) is 14.2. The number of ether oxygens (including phenoxy) is 2. The molecule has 0 radical (unpaired) electrons. The van der Waals surface area contributed by atoms with E-state index in [4.69, 9.17) is 19.6 Å². The number of nitrogens with zero attached hydrogens (tertiary/aromatic N) is 5. The Morgan fingerprint density at radius 3 is 2.49 bits per heavy atom. The zero-order chi connectivity index (χ0) is 33.8. The van der Waals surface area contributed by atoms with Crippen molar-refractivity contribution in [1.82, 2.24) is 19.6 Å². The van der Waals surface area contributed by atoms with Crippen LogP contribution in [0.4, 0.5) is 5.82 Å². The number of carbonyl (C=O) groups excluding carboxylic acids is 1. The van der Waals surface area contributed by atoms with Crippen LogP contribution < -0.4 is 4.90 Å². The molecule has 248 valence electrons. The van der Waals surface area contributed by atoms with Gasteiger partial charge in [-0.15, -0.1) is 13.2 Å². The van der Waals surface area contributed by atoms with Gasteiger partial charge in [-0.3, -0.25) is 4.98 Å². The minimum Gasteiger partial charge on any atom is -0.467 e. The fourth-order valence-corrected chi connectivity index (χ4v) is 6.52. The molecular weight excluding hydrogens is 586 g/mol. The molecular formula is C39H49N5O3. The third kappa shape index (κ3) is 7.65. The third-order valence-electron chi connectivity index (χ3n) is 9.17. The molecule has 1 atom stereocenters. The van der Waals surface area contributed by atoms with Crippen molar-refractivity contribution >= 4 is 17.4 Å². The van der Waals surface area contributed by atoms with Crippen LogP contribution in [0.2, 0.25) is 0 Å². The summed E-state index contributed by atoms with van der Waals surface area (Å²) in [6, 6.07) is 12.5. The molecule has 8 nitrogen and oxygen atoms in total. The molecule has 0 saturated carbocycles. The first-order valence-electron chi connectivity index (χ1n) is 16.6. The first kappa shape index (κ1) is 34.0. The van der Waals surface area contributed by atoms with Crippen molar-refractivity contribution in [1.29, 1.82) is 0 Å². The van der Waals surface area contributed by atoms with E-state index in [0.29, 0.717) is 11.2 Å². The lowest BCUT2D eigenvalue weighted by Gasteiger charge is -2.41. The summed E-state index contributed by atoms with van der Waals surface area (Å²) >= 11 is 0. The van der Waals surface area contributed by atoms with Crippen molar-refractivity contribution in [3.63, 3.8) is 0 Å². The highest BCUT2D eigenvalue weighted by Gasteiger charge is 2.37. The van der Waals surface area contributed by atoms with E-state index in [-0.39, 0.29) is 5.41 Å². The van der Waals surface area contributed by atoms with E-state index in [1.54, 1.807) is 0 Å². The number of esters is 1. The van der Waals surface area contributed by atoms with Gasteiger partial charge in [0.05, 0.1) is 24.0 Å². The summed E-state index contributed by atoms with van der Waals surface area (Å²) in [5.74, 6) is 0.376. The molecule has 0 aliphatic carbocycles. The summed E-state index contributed by atoms with van der Waals surface area (Å²) in [6.45, 7) is 19.6. The molecule has 0 amide bonds. The Kier molecular flexibility index (Phi) is 10.3. The summed E-state index contributed by atoms with van der Waals surface area (Å²) < 4.78 is 13.6. The Labute approximate surface area is 279 Å². The van der Waals surface area contributed by atoms with Gasteiger partial charge in [-0.25, -0.2) is 9.78 Å². The van der Waals surface area contributed by atoms with Crippen LogP contribution in [0.5, 0.6) is 0 Å². The van der Waals surface area contributed by atoms with Crippen molar-refractivity contribution in [2.75, 3.05) is 25.1 Å². The maximum Gasteiger partial charge on any atom is 0.339 e. The van der Waals surface area contributed by atoms with Gasteiger partial charge in [0.2, 0.25) is 0 Å². The van der Waals surface area contributed by atoms with Crippen molar-refractivity contribution < 1.29 is 14.3 Å². The van der Waals surface area contributed by atoms with E-state index in [1.807, 2.05) is 62.8 Å². The van der Waals surface area contributed by atoms with Crippen LogP contribution >= 0.6 is 0 Å². The van der Waals surface area contributed by atoms with E-state index < -0.39 is 17.7 Å². The molecule has 47 heavy (non-hydrogen) atoms. The SMILES string of the molecule is C=CCCc1ccncc1-c1cccc(-c2cc3nc(C)c([C@H](OC(C)(C)C)C(=O)OC)c(N4CCC(C)(CCC=C)CC4)n3n2)c1. The number of rotatable bonds is 12. The minimum absolute atomic E-state index is 0.224. The molecule has 0 N–H and O–H groups in total. The number of methoxy groups -OCH3 is 1. The number of anilines is 1. The minimum atomic E-state index is -0.962. The number of piperidine rings is 1. The number of aromatic nitrogens is 4. The monoisotopic (exact) mass is 635 g/mol. The van der Waals surface area contributed by atoms with Crippen LogP contribution in [-0.2, 0) is 20.7 Å². The first-order valence-corrected chi connectivity index (χ1v) is 16.6. The molecule has 1 fully saturated rings. The van der Waals surface area contributed by atoms with Gasteiger partial charge in [-0.05, 0) is 94.9 Å². The fourth-order valence-electron chi connectivity index (χ4n) is 6.52. The van der Waals surface area contributed by atoms with E-state index in [2.05, 4.69) is 60.3 Å². The third-order valence-corrected chi connectivity index (χ3v) is 9.17. The lowest BCUT2D eigenvalue weighted by molar-refractivity contribution is -0.164. The Morgan fingerprint density at radius 1 is 1.09 bits per heavy atom. The molecule has 3 aromatic heterocycles. The molecule has 0 spiro atoms. The summed E-state index contributed by atoms with van der Waals surface area (Å²) in [5.41, 5.74) is 6.94. The maximum atomic E-state index is 13.4. The molecule has 1 aliphatic heterocycles. The molecule has 8 heteroatoms. The molecule has 1 saturated heterocycles. The number of fused-ring (bicyclic) bond motifs is 1. The van der Waals surface area contributed by atoms with Crippen LogP contribution in [0.15, 0.2) is 74.1 Å². The second-order valence-electron chi connectivity index (χ2n) is 13.9. The molecule has 0 unspecified atom stereocenters. The molecule has 5 rings (SSSR count). The highest BCUT2D eigenvalue weighted by atomic mass is 16.6. The van der Waals surface area contributed by atoms with Crippen LogP contribution in [0, 0.1) is 12.3 Å². The van der Waals surface area contributed by atoms with Crippen LogP contribution in [-0.4, -0.2) is 51.4 Å². The van der Waals surface area contributed by atoms with Gasteiger partial charge < -0.3 is 14.4 Å². The Morgan fingerprint density at radius 2 is 1.81 bits per heavy atom. The predicted molar refractivity (Wildman–Crippen MR) is 189 cm³/mol. The van der Waals surface area contributed by atoms with Gasteiger partial charge in [0.25, 0.3) is 0 Å². The van der Waals surface area contributed by atoms with E-state index >= 15 is 0 Å². The van der Waals surface area contributed by atoms with E-state index in [9.17, 15) is 4.79 Å². The summed E-state index contributed by atoms with van der Waals surface area (Å²) in [5, 5.41) is 5.18. The average Bonchev–Trinajstić information content (AvgIpc) is 3.48. The Hall–Kier alpha value is -4.30. The van der Waals surface area contributed by atoms with Crippen molar-refractivity contribution in [3.05, 3.63) is 90.9 Å². The predicted octanol–water partition coefficient (Wildman–Crippen LogP) is 8.49. The lowest BCUT2D eigenvalue weighted by atomic mass is 9.76. The van der Waals surface area contributed by atoms with Crippen molar-refractivity contribution in [2.24, 2.45) is 5.41 Å². The van der Waals surface area contributed by atoms with Gasteiger partial charge in [0.15, 0.2) is 11.8 Å². The van der Waals surface area contributed by atoms with Gasteiger partial charge in [0, 0.05) is 48.4 Å². The van der Waals surface area contributed by atoms with E-state index in [0.717, 1.165) is 85.5 Å². The molecule has 1 aromatic carbocycles. The largest absolute Gasteiger partial charge is 0.467 e. The Bertz CT molecular complexity index is 1740. The summed E-state index contributed by atoms with van der Waals surface area (Å²) in [7, 11) is 1.40. The molecule has 4 aromatic rings. The molecule has 0 bridgehead atoms. The van der Waals surface area contributed by atoms with Gasteiger partial charge in [-0.1, -0.05) is 37.3 Å². The van der Waals surface area contributed by atoms with Crippen LogP contribution in [0.3, 0.4) is 0 Å². The highest BCUT2D eigenvalue weighted by molar-refractivity contribution is 5.81. The van der Waals surface area contributed by atoms with Crippen molar-refractivity contribution in [2.45, 2.75) is 84.8 Å². The molecule has 1 aliphatic rings. The van der Waals surface area contributed by atoms with Gasteiger partial charge in [0.1, 0.15) is 5.82 Å².